The molecule has 20 heavy (non-hydrogen) atoms. The van der Waals surface area contributed by atoms with Gasteiger partial charge in [-0.15, -0.1) is 0 Å². The van der Waals surface area contributed by atoms with Crippen molar-refractivity contribution in [2.45, 2.75) is 57.9 Å². The Morgan fingerprint density at radius 1 is 1.15 bits per heavy atom. The van der Waals surface area contributed by atoms with Crippen molar-refractivity contribution >= 4 is 5.91 Å². The average Bonchev–Trinajstić information content (AvgIpc) is 2.48. The van der Waals surface area contributed by atoms with Crippen LogP contribution < -0.4 is 10.6 Å². The van der Waals surface area contributed by atoms with Crippen LogP contribution in [0.5, 0.6) is 0 Å². The van der Waals surface area contributed by atoms with E-state index in [0.717, 1.165) is 32.1 Å². The van der Waals surface area contributed by atoms with Gasteiger partial charge >= 0.3 is 0 Å². The minimum atomic E-state index is 0.229. The minimum absolute atomic E-state index is 0.229. The number of nitrogens with zero attached hydrogens (tertiary/aromatic N) is 1. The molecule has 116 valence electrons. The van der Waals surface area contributed by atoms with Crippen molar-refractivity contribution in [2.24, 2.45) is 5.92 Å². The largest absolute Gasteiger partial charge is 0.352 e. The summed E-state index contributed by atoms with van der Waals surface area (Å²) in [5.41, 5.74) is 0. The van der Waals surface area contributed by atoms with E-state index in [0.29, 0.717) is 12.6 Å². The molecular weight excluding hydrogens is 250 g/mol. The average molecular weight is 281 g/mol. The maximum absolute atomic E-state index is 12.2. The topological polar surface area (TPSA) is 44.4 Å². The monoisotopic (exact) mass is 281 g/mol. The Morgan fingerprint density at radius 3 is 2.50 bits per heavy atom. The first kappa shape index (κ1) is 15.8. The van der Waals surface area contributed by atoms with Crippen molar-refractivity contribution in [3.63, 3.8) is 0 Å². The van der Waals surface area contributed by atoms with Gasteiger partial charge in [0.15, 0.2) is 0 Å². The van der Waals surface area contributed by atoms with E-state index < -0.39 is 0 Å². The lowest BCUT2D eigenvalue weighted by Crippen LogP contribution is -2.44. The van der Waals surface area contributed by atoms with E-state index in [2.05, 4.69) is 22.5 Å². The van der Waals surface area contributed by atoms with Gasteiger partial charge in [0.1, 0.15) is 0 Å². The van der Waals surface area contributed by atoms with Crippen LogP contribution in [0.1, 0.15) is 51.9 Å². The van der Waals surface area contributed by atoms with E-state index in [1.807, 2.05) is 0 Å². The van der Waals surface area contributed by atoms with Gasteiger partial charge in [0, 0.05) is 12.6 Å². The van der Waals surface area contributed by atoms with Crippen LogP contribution in [0.15, 0.2) is 0 Å². The summed E-state index contributed by atoms with van der Waals surface area (Å²) in [6, 6.07) is 0.439. The highest BCUT2D eigenvalue weighted by Crippen LogP contribution is 2.17. The van der Waals surface area contributed by atoms with E-state index in [1.165, 1.54) is 44.9 Å². The summed E-state index contributed by atoms with van der Waals surface area (Å²) in [7, 11) is 0. The first-order chi connectivity index (χ1) is 9.78. The van der Waals surface area contributed by atoms with Crippen molar-refractivity contribution in [3.05, 3.63) is 0 Å². The lowest BCUT2D eigenvalue weighted by molar-refractivity contribution is -0.123. The lowest BCUT2D eigenvalue weighted by atomic mass is 9.95. The van der Waals surface area contributed by atoms with Gasteiger partial charge in [-0.25, -0.2) is 0 Å². The Morgan fingerprint density at radius 2 is 1.85 bits per heavy atom. The fourth-order valence-corrected chi connectivity index (χ4v) is 3.46. The Kier molecular flexibility index (Phi) is 6.80. The van der Waals surface area contributed by atoms with E-state index in [1.54, 1.807) is 0 Å². The van der Waals surface area contributed by atoms with Gasteiger partial charge in [0.25, 0.3) is 0 Å². The van der Waals surface area contributed by atoms with Crippen LogP contribution in [-0.2, 0) is 4.79 Å². The number of hydrogen-bond donors (Lipinski definition) is 2. The third-order valence-electron chi connectivity index (χ3n) is 4.76. The van der Waals surface area contributed by atoms with Crippen LogP contribution in [0.25, 0.3) is 0 Å². The maximum Gasteiger partial charge on any atom is 0.234 e. The van der Waals surface area contributed by atoms with E-state index >= 15 is 0 Å². The highest BCUT2D eigenvalue weighted by molar-refractivity contribution is 5.78. The zero-order valence-corrected chi connectivity index (χ0v) is 13.0. The zero-order chi connectivity index (χ0) is 14.2. The van der Waals surface area contributed by atoms with E-state index in [-0.39, 0.29) is 5.91 Å². The second-order valence-electron chi connectivity index (χ2n) is 6.42. The van der Waals surface area contributed by atoms with Gasteiger partial charge < -0.3 is 10.6 Å². The van der Waals surface area contributed by atoms with Crippen molar-refractivity contribution in [2.75, 3.05) is 32.7 Å². The number of hydrogen-bond acceptors (Lipinski definition) is 3. The summed E-state index contributed by atoms with van der Waals surface area (Å²) in [6.45, 7) is 7.07. The number of nitrogens with one attached hydrogen (secondary N) is 2. The van der Waals surface area contributed by atoms with Gasteiger partial charge in [0.05, 0.1) is 6.54 Å². The molecule has 4 heteroatoms. The molecule has 1 aliphatic carbocycles. The highest BCUT2D eigenvalue weighted by Gasteiger charge is 2.20. The first-order valence-corrected chi connectivity index (χ1v) is 8.50. The molecule has 2 aliphatic rings. The molecule has 0 spiro atoms. The molecule has 1 heterocycles. The molecule has 0 unspecified atom stereocenters. The molecule has 2 rings (SSSR count). The lowest BCUT2D eigenvalue weighted by Gasteiger charge is -2.30. The fourth-order valence-electron chi connectivity index (χ4n) is 3.46. The molecule has 0 aromatic carbocycles. The van der Waals surface area contributed by atoms with Crippen LogP contribution in [0.4, 0.5) is 0 Å². The molecule has 2 fully saturated rings. The van der Waals surface area contributed by atoms with Crippen molar-refractivity contribution in [3.8, 4) is 0 Å². The summed E-state index contributed by atoms with van der Waals surface area (Å²) in [5, 5.41) is 6.63. The molecule has 1 saturated carbocycles. The second-order valence-corrected chi connectivity index (χ2v) is 6.42. The van der Waals surface area contributed by atoms with Gasteiger partial charge in [0.2, 0.25) is 5.91 Å². The second kappa shape index (κ2) is 8.63. The number of carbonyl (C=O) groups is 1. The van der Waals surface area contributed by atoms with E-state index in [4.69, 9.17) is 0 Å². The predicted octanol–water partition coefficient (Wildman–Crippen LogP) is 1.76. The van der Waals surface area contributed by atoms with Crippen LogP contribution in [0.2, 0.25) is 0 Å². The molecule has 2 N–H and O–H groups in total. The molecule has 0 atom stereocenters. The Balaban J connectivity index is 1.69. The number of amides is 1. The van der Waals surface area contributed by atoms with Crippen LogP contribution in [0.3, 0.4) is 0 Å². The van der Waals surface area contributed by atoms with Crippen molar-refractivity contribution in [1.82, 2.24) is 15.5 Å². The third kappa shape index (κ3) is 5.41. The van der Waals surface area contributed by atoms with Crippen LogP contribution in [0, 0.1) is 5.92 Å². The normalized spacial score (nSPS) is 22.1. The molecule has 1 saturated heterocycles. The maximum atomic E-state index is 12.2. The molecule has 1 aliphatic heterocycles. The minimum Gasteiger partial charge on any atom is -0.352 e. The SMILES string of the molecule is CCN(CC(=O)NC1CCCCC1)CC1CCNCC1. The molecule has 4 nitrogen and oxygen atoms in total. The molecule has 0 radical (unpaired) electrons. The summed E-state index contributed by atoms with van der Waals surface area (Å²) in [4.78, 5) is 14.5. The summed E-state index contributed by atoms with van der Waals surface area (Å²) in [6.07, 6.45) is 8.73. The smallest absolute Gasteiger partial charge is 0.234 e. The molecule has 0 bridgehead atoms. The quantitative estimate of drug-likeness (QED) is 0.780. The predicted molar refractivity (Wildman–Crippen MR) is 82.7 cm³/mol. The Bertz CT molecular complexity index is 283. The fraction of sp³-hybridized carbons (Fsp3) is 0.938. The first-order valence-electron chi connectivity index (χ1n) is 8.50. The molecule has 1 amide bonds. The van der Waals surface area contributed by atoms with Gasteiger partial charge in [-0.3, -0.25) is 9.69 Å². The summed E-state index contributed by atoms with van der Waals surface area (Å²) >= 11 is 0. The number of rotatable bonds is 6. The van der Waals surface area contributed by atoms with Gasteiger partial charge in [-0.1, -0.05) is 26.2 Å². The van der Waals surface area contributed by atoms with Gasteiger partial charge in [-0.2, -0.15) is 0 Å². The van der Waals surface area contributed by atoms with Crippen molar-refractivity contribution in [1.29, 1.82) is 0 Å². The summed E-state index contributed by atoms with van der Waals surface area (Å²) in [5.74, 6) is 0.992. The molecule has 0 aromatic heterocycles. The zero-order valence-electron chi connectivity index (χ0n) is 13.0. The van der Waals surface area contributed by atoms with Crippen LogP contribution in [-0.4, -0.2) is 49.6 Å². The van der Waals surface area contributed by atoms with Crippen LogP contribution >= 0.6 is 0 Å². The third-order valence-corrected chi connectivity index (χ3v) is 4.76. The highest BCUT2D eigenvalue weighted by atomic mass is 16.2. The van der Waals surface area contributed by atoms with Gasteiger partial charge in [-0.05, 0) is 51.2 Å². The van der Waals surface area contributed by atoms with Crippen molar-refractivity contribution < 1.29 is 4.79 Å². The standard InChI is InChI=1S/C16H31N3O/c1-2-19(12-14-8-10-17-11-9-14)13-16(20)18-15-6-4-3-5-7-15/h14-15,17H,2-13H2,1H3,(H,18,20). The van der Waals surface area contributed by atoms with E-state index in [9.17, 15) is 4.79 Å². The Labute approximate surface area is 123 Å². The number of carbonyl (C=O) groups excluding carboxylic acids is 1. The molecular formula is C16H31N3O. The Hall–Kier alpha value is -0.610. The molecule has 0 aromatic rings. The number of piperidine rings is 1. The summed E-state index contributed by atoms with van der Waals surface area (Å²) < 4.78 is 0. The number of likely N-dealkylation sites (N-methyl/N-ethyl adjacent to an activating group) is 1.